The highest BCUT2D eigenvalue weighted by Crippen LogP contribution is 2.22. The Bertz CT molecular complexity index is 798. The van der Waals surface area contributed by atoms with E-state index >= 15 is 0 Å². The molecule has 0 radical (unpaired) electrons. The average molecular weight is 383 g/mol. The number of methoxy groups -OCH3 is 1. The SMILES string of the molecule is COc1ccc(N2CCN(C(=O)c3ccnc(OC4CCOC4)c3)CC2)cc1. The first kappa shape index (κ1) is 18.6. The molecule has 2 saturated heterocycles. The minimum atomic E-state index is 0.0179. The summed E-state index contributed by atoms with van der Waals surface area (Å²) in [7, 11) is 1.66. The third kappa shape index (κ3) is 4.20. The quantitative estimate of drug-likeness (QED) is 0.789. The number of anilines is 1. The highest BCUT2D eigenvalue weighted by molar-refractivity contribution is 5.94. The van der Waals surface area contributed by atoms with Crippen molar-refractivity contribution in [2.24, 2.45) is 0 Å². The number of carbonyl (C=O) groups is 1. The van der Waals surface area contributed by atoms with Crippen LogP contribution in [-0.4, -0.2) is 68.4 Å². The molecule has 0 saturated carbocycles. The molecule has 0 spiro atoms. The van der Waals surface area contributed by atoms with E-state index in [4.69, 9.17) is 14.2 Å². The van der Waals surface area contributed by atoms with Gasteiger partial charge >= 0.3 is 0 Å². The fourth-order valence-electron chi connectivity index (χ4n) is 3.53. The first-order chi connectivity index (χ1) is 13.7. The van der Waals surface area contributed by atoms with Crippen molar-refractivity contribution < 1.29 is 19.0 Å². The van der Waals surface area contributed by atoms with Gasteiger partial charge in [0.05, 0.1) is 20.3 Å². The first-order valence-electron chi connectivity index (χ1n) is 9.61. The number of hydrogen-bond donors (Lipinski definition) is 0. The van der Waals surface area contributed by atoms with Gasteiger partial charge in [-0.3, -0.25) is 4.79 Å². The summed E-state index contributed by atoms with van der Waals surface area (Å²) in [4.78, 5) is 21.3. The maximum absolute atomic E-state index is 12.9. The number of ether oxygens (including phenoxy) is 3. The lowest BCUT2D eigenvalue weighted by molar-refractivity contribution is 0.0745. The second-order valence-corrected chi connectivity index (χ2v) is 6.96. The summed E-state index contributed by atoms with van der Waals surface area (Å²) in [5.74, 6) is 1.35. The summed E-state index contributed by atoms with van der Waals surface area (Å²) in [6.45, 7) is 4.24. The van der Waals surface area contributed by atoms with Crippen LogP contribution in [0.4, 0.5) is 5.69 Å². The highest BCUT2D eigenvalue weighted by Gasteiger charge is 2.23. The van der Waals surface area contributed by atoms with Gasteiger partial charge in [0, 0.05) is 56.1 Å². The van der Waals surface area contributed by atoms with Gasteiger partial charge in [-0.2, -0.15) is 0 Å². The molecule has 148 valence electrons. The summed E-state index contributed by atoms with van der Waals surface area (Å²) in [5.41, 5.74) is 1.76. The molecular weight excluding hydrogens is 358 g/mol. The molecule has 2 aliphatic rings. The maximum Gasteiger partial charge on any atom is 0.254 e. The summed E-state index contributed by atoms with van der Waals surface area (Å²) in [6.07, 6.45) is 2.50. The van der Waals surface area contributed by atoms with Crippen molar-refractivity contribution in [2.45, 2.75) is 12.5 Å². The van der Waals surface area contributed by atoms with Crippen molar-refractivity contribution in [2.75, 3.05) is 51.4 Å². The number of pyridine rings is 1. The third-order valence-corrected chi connectivity index (χ3v) is 5.16. The standard InChI is InChI=1S/C21H25N3O4/c1-26-18-4-2-17(3-5-18)23-9-11-24(12-10-23)21(25)16-6-8-22-20(14-16)28-19-7-13-27-15-19/h2-6,8,14,19H,7,9-13,15H2,1H3. The topological polar surface area (TPSA) is 64.1 Å². The number of rotatable bonds is 5. The van der Waals surface area contributed by atoms with Gasteiger partial charge in [-0.1, -0.05) is 0 Å². The van der Waals surface area contributed by atoms with Crippen LogP contribution in [0.1, 0.15) is 16.8 Å². The van der Waals surface area contributed by atoms with Crippen LogP contribution in [0.25, 0.3) is 0 Å². The predicted octanol–water partition coefficient (Wildman–Crippen LogP) is 2.22. The second kappa shape index (κ2) is 8.48. The molecule has 3 heterocycles. The van der Waals surface area contributed by atoms with Crippen LogP contribution in [0.2, 0.25) is 0 Å². The summed E-state index contributed by atoms with van der Waals surface area (Å²) < 4.78 is 16.4. The lowest BCUT2D eigenvalue weighted by Crippen LogP contribution is -2.48. The molecule has 4 rings (SSSR count). The Labute approximate surface area is 164 Å². The van der Waals surface area contributed by atoms with E-state index in [9.17, 15) is 4.79 Å². The molecule has 0 bridgehead atoms. The largest absolute Gasteiger partial charge is 0.497 e. The van der Waals surface area contributed by atoms with Gasteiger partial charge < -0.3 is 24.0 Å². The first-order valence-corrected chi connectivity index (χ1v) is 9.61. The van der Waals surface area contributed by atoms with Crippen molar-refractivity contribution in [3.63, 3.8) is 0 Å². The number of aromatic nitrogens is 1. The lowest BCUT2D eigenvalue weighted by atomic mass is 10.2. The molecular formula is C21H25N3O4. The number of amides is 1. The number of nitrogens with zero attached hydrogens (tertiary/aromatic N) is 3. The van der Waals surface area contributed by atoms with Crippen molar-refractivity contribution in [1.29, 1.82) is 0 Å². The van der Waals surface area contributed by atoms with Gasteiger partial charge in [0.15, 0.2) is 0 Å². The van der Waals surface area contributed by atoms with Gasteiger partial charge in [-0.25, -0.2) is 4.98 Å². The van der Waals surface area contributed by atoms with E-state index in [1.807, 2.05) is 17.0 Å². The zero-order chi connectivity index (χ0) is 19.3. The van der Waals surface area contributed by atoms with Crippen LogP contribution >= 0.6 is 0 Å². The zero-order valence-corrected chi connectivity index (χ0v) is 16.0. The van der Waals surface area contributed by atoms with E-state index in [1.54, 1.807) is 25.4 Å². The van der Waals surface area contributed by atoms with Crippen molar-refractivity contribution in [1.82, 2.24) is 9.88 Å². The molecule has 2 aromatic rings. The Morgan fingerprint density at radius 3 is 2.61 bits per heavy atom. The van der Waals surface area contributed by atoms with Crippen LogP contribution in [0, 0.1) is 0 Å². The Balaban J connectivity index is 1.35. The van der Waals surface area contributed by atoms with Crippen LogP contribution in [-0.2, 0) is 4.74 Å². The van der Waals surface area contributed by atoms with E-state index in [0.717, 1.165) is 30.9 Å². The van der Waals surface area contributed by atoms with Crippen molar-refractivity contribution >= 4 is 11.6 Å². The predicted molar refractivity (Wildman–Crippen MR) is 105 cm³/mol. The lowest BCUT2D eigenvalue weighted by Gasteiger charge is -2.36. The van der Waals surface area contributed by atoms with E-state index in [-0.39, 0.29) is 12.0 Å². The van der Waals surface area contributed by atoms with Gasteiger partial charge in [0.1, 0.15) is 11.9 Å². The maximum atomic E-state index is 12.9. The highest BCUT2D eigenvalue weighted by atomic mass is 16.5. The Kier molecular flexibility index (Phi) is 5.62. The summed E-state index contributed by atoms with van der Waals surface area (Å²) in [6, 6.07) is 11.5. The summed E-state index contributed by atoms with van der Waals surface area (Å²) in [5, 5.41) is 0. The average Bonchev–Trinajstić information content (AvgIpc) is 3.27. The summed E-state index contributed by atoms with van der Waals surface area (Å²) >= 11 is 0. The Morgan fingerprint density at radius 2 is 1.93 bits per heavy atom. The number of benzene rings is 1. The number of hydrogen-bond acceptors (Lipinski definition) is 6. The monoisotopic (exact) mass is 383 g/mol. The Hall–Kier alpha value is -2.80. The van der Waals surface area contributed by atoms with E-state index < -0.39 is 0 Å². The molecule has 0 aliphatic carbocycles. The smallest absolute Gasteiger partial charge is 0.254 e. The number of piperazine rings is 1. The molecule has 2 fully saturated rings. The molecule has 1 amide bonds. The van der Waals surface area contributed by atoms with Crippen molar-refractivity contribution in [3.05, 3.63) is 48.2 Å². The molecule has 7 nitrogen and oxygen atoms in total. The van der Waals surface area contributed by atoms with Crippen LogP contribution in [0.15, 0.2) is 42.6 Å². The molecule has 2 aliphatic heterocycles. The molecule has 1 unspecified atom stereocenters. The van der Waals surface area contributed by atoms with Gasteiger partial charge in [0.25, 0.3) is 5.91 Å². The van der Waals surface area contributed by atoms with E-state index in [0.29, 0.717) is 37.7 Å². The van der Waals surface area contributed by atoms with Gasteiger partial charge in [-0.15, -0.1) is 0 Å². The van der Waals surface area contributed by atoms with E-state index in [1.165, 1.54) is 0 Å². The minimum Gasteiger partial charge on any atom is -0.497 e. The van der Waals surface area contributed by atoms with Gasteiger partial charge in [0.2, 0.25) is 5.88 Å². The molecule has 0 N–H and O–H groups in total. The van der Waals surface area contributed by atoms with Crippen LogP contribution in [0.5, 0.6) is 11.6 Å². The molecule has 1 atom stereocenters. The molecule has 1 aromatic carbocycles. The minimum absolute atomic E-state index is 0.0179. The van der Waals surface area contributed by atoms with Crippen molar-refractivity contribution in [3.8, 4) is 11.6 Å². The normalized spacial score (nSPS) is 19.5. The second-order valence-electron chi connectivity index (χ2n) is 6.96. The fraction of sp³-hybridized carbons (Fsp3) is 0.429. The molecule has 28 heavy (non-hydrogen) atoms. The third-order valence-electron chi connectivity index (χ3n) is 5.16. The molecule has 7 heteroatoms. The Morgan fingerprint density at radius 1 is 1.14 bits per heavy atom. The van der Waals surface area contributed by atoms with Crippen LogP contribution < -0.4 is 14.4 Å². The fourth-order valence-corrected chi connectivity index (χ4v) is 3.53. The van der Waals surface area contributed by atoms with Crippen LogP contribution in [0.3, 0.4) is 0 Å². The van der Waals surface area contributed by atoms with E-state index in [2.05, 4.69) is 22.0 Å². The number of carbonyl (C=O) groups excluding carboxylic acids is 1. The zero-order valence-electron chi connectivity index (χ0n) is 16.0. The molecule has 1 aromatic heterocycles. The van der Waals surface area contributed by atoms with Gasteiger partial charge in [-0.05, 0) is 30.3 Å².